The summed E-state index contributed by atoms with van der Waals surface area (Å²) in [6.45, 7) is -0.210. The van der Waals surface area contributed by atoms with Gasteiger partial charge in [-0.2, -0.15) is 0 Å². The Labute approximate surface area is 72.2 Å². The summed E-state index contributed by atoms with van der Waals surface area (Å²) in [6.07, 6.45) is 1.70. The molecule has 1 atom stereocenters. The second-order valence-corrected chi connectivity index (χ2v) is 2.66. The van der Waals surface area contributed by atoms with E-state index in [1.54, 1.807) is 0 Å². The molecule has 0 bridgehead atoms. The van der Waals surface area contributed by atoms with Gasteiger partial charge in [-0.1, -0.05) is 6.42 Å². The monoisotopic (exact) mass is 176 g/mol. The molecule has 0 aliphatic heterocycles. The molecule has 4 heteroatoms. The number of aliphatic hydroxyl groups excluding tert-OH is 2. The molecule has 0 fully saturated rings. The molecule has 0 rings (SSSR count). The van der Waals surface area contributed by atoms with Gasteiger partial charge in [0.05, 0.1) is 19.8 Å². The third kappa shape index (κ3) is 6.12. The molecule has 0 saturated carbocycles. The second-order valence-electron chi connectivity index (χ2n) is 2.66. The average Bonchev–Trinajstić information content (AvgIpc) is 2.11. The first-order chi connectivity index (χ1) is 5.70. The highest BCUT2D eigenvalue weighted by molar-refractivity contribution is 5.68. The van der Waals surface area contributed by atoms with Crippen LogP contribution < -0.4 is 0 Å². The van der Waals surface area contributed by atoms with E-state index in [1.165, 1.54) is 7.11 Å². The van der Waals surface area contributed by atoms with E-state index in [9.17, 15) is 4.79 Å². The molecular weight excluding hydrogens is 160 g/mol. The lowest BCUT2D eigenvalue weighted by Gasteiger charge is -2.05. The van der Waals surface area contributed by atoms with Gasteiger partial charge in [-0.3, -0.25) is 4.79 Å². The Morgan fingerprint density at radius 2 is 2.17 bits per heavy atom. The minimum absolute atomic E-state index is 0.210. The Morgan fingerprint density at radius 1 is 1.50 bits per heavy atom. The highest BCUT2D eigenvalue weighted by Crippen LogP contribution is 2.03. The lowest BCUT2D eigenvalue weighted by atomic mass is 10.1. The highest BCUT2D eigenvalue weighted by atomic mass is 16.5. The molecule has 0 spiro atoms. The Bertz CT molecular complexity index is 124. The number of rotatable bonds is 6. The van der Waals surface area contributed by atoms with Crippen molar-refractivity contribution >= 4 is 5.97 Å². The SMILES string of the molecule is COC(=O)CCCC[C@@H](O)CO. The quantitative estimate of drug-likeness (QED) is 0.444. The molecule has 12 heavy (non-hydrogen) atoms. The molecule has 72 valence electrons. The van der Waals surface area contributed by atoms with Gasteiger partial charge >= 0.3 is 5.97 Å². The second kappa shape index (κ2) is 7.06. The minimum Gasteiger partial charge on any atom is -0.469 e. The first kappa shape index (κ1) is 11.4. The van der Waals surface area contributed by atoms with E-state index < -0.39 is 6.10 Å². The number of unbranched alkanes of at least 4 members (excludes halogenated alkanes) is 1. The Morgan fingerprint density at radius 3 is 2.67 bits per heavy atom. The van der Waals surface area contributed by atoms with Crippen LogP contribution in [-0.2, 0) is 9.53 Å². The number of hydrogen-bond acceptors (Lipinski definition) is 4. The molecule has 0 amide bonds. The van der Waals surface area contributed by atoms with Gasteiger partial charge in [0.25, 0.3) is 0 Å². The van der Waals surface area contributed by atoms with Gasteiger partial charge in [0.1, 0.15) is 0 Å². The first-order valence-corrected chi connectivity index (χ1v) is 4.06. The van der Waals surface area contributed by atoms with Crippen LogP contribution in [0.1, 0.15) is 25.7 Å². The van der Waals surface area contributed by atoms with Crippen LogP contribution in [-0.4, -0.2) is 36.0 Å². The number of esters is 1. The summed E-state index contributed by atoms with van der Waals surface area (Å²) < 4.78 is 4.43. The Kier molecular flexibility index (Phi) is 6.70. The predicted molar refractivity (Wildman–Crippen MR) is 43.6 cm³/mol. The van der Waals surface area contributed by atoms with Crippen LogP contribution in [0.2, 0.25) is 0 Å². The van der Waals surface area contributed by atoms with E-state index in [1.807, 2.05) is 0 Å². The topological polar surface area (TPSA) is 66.8 Å². The molecular formula is C8H16O4. The minimum atomic E-state index is -0.650. The number of ether oxygens (including phenoxy) is 1. The van der Waals surface area contributed by atoms with E-state index in [0.29, 0.717) is 19.3 Å². The molecule has 0 aromatic rings. The smallest absolute Gasteiger partial charge is 0.305 e. The van der Waals surface area contributed by atoms with Crippen molar-refractivity contribution in [3.8, 4) is 0 Å². The Hall–Kier alpha value is -0.610. The summed E-state index contributed by atoms with van der Waals surface area (Å²) in [5.41, 5.74) is 0. The first-order valence-electron chi connectivity index (χ1n) is 4.06. The van der Waals surface area contributed by atoms with Crippen molar-refractivity contribution in [2.75, 3.05) is 13.7 Å². The summed E-state index contributed by atoms with van der Waals surface area (Å²) in [5, 5.41) is 17.4. The van der Waals surface area contributed by atoms with Crippen LogP contribution in [0.25, 0.3) is 0 Å². The molecule has 0 aromatic carbocycles. The van der Waals surface area contributed by atoms with Crippen molar-refractivity contribution in [3.63, 3.8) is 0 Å². The van der Waals surface area contributed by atoms with Crippen LogP contribution in [0.3, 0.4) is 0 Å². The van der Waals surface area contributed by atoms with Gasteiger partial charge in [-0.15, -0.1) is 0 Å². The summed E-state index contributed by atoms with van der Waals surface area (Å²) in [6, 6.07) is 0. The van der Waals surface area contributed by atoms with Gasteiger partial charge < -0.3 is 14.9 Å². The van der Waals surface area contributed by atoms with Crippen LogP contribution in [0.15, 0.2) is 0 Å². The van der Waals surface area contributed by atoms with Gasteiger partial charge in [0, 0.05) is 6.42 Å². The third-order valence-electron chi connectivity index (χ3n) is 1.61. The molecule has 0 saturated heterocycles. The largest absolute Gasteiger partial charge is 0.469 e. The van der Waals surface area contributed by atoms with Crippen molar-refractivity contribution in [1.29, 1.82) is 0 Å². The van der Waals surface area contributed by atoms with E-state index in [0.717, 1.165) is 6.42 Å². The number of carbonyl (C=O) groups is 1. The highest BCUT2D eigenvalue weighted by Gasteiger charge is 2.03. The number of carbonyl (C=O) groups excluding carboxylic acids is 1. The van der Waals surface area contributed by atoms with Crippen molar-refractivity contribution in [3.05, 3.63) is 0 Å². The van der Waals surface area contributed by atoms with E-state index in [2.05, 4.69) is 4.74 Å². The van der Waals surface area contributed by atoms with Crippen LogP contribution >= 0.6 is 0 Å². The average molecular weight is 176 g/mol. The fourth-order valence-electron chi connectivity index (χ4n) is 0.843. The van der Waals surface area contributed by atoms with E-state index in [-0.39, 0.29) is 12.6 Å². The van der Waals surface area contributed by atoms with Crippen LogP contribution in [0.5, 0.6) is 0 Å². The number of aliphatic hydroxyl groups is 2. The van der Waals surface area contributed by atoms with Crippen molar-refractivity contribution in [1.82, 2.24) is 0 Å². The molecule has 2 N–H and O–H groups in total. The molecule has 0 unspecified atom stereocenters. The zero-order valence-electron chi connectivity index (χ0n) is 7.32. The molecule has 0 aliphatic carbocycles. The lowest BCUT2D eigenvalue weighted by Crippen LogP contribution is -2.11. The Balaban J connectivity index is 3.15. The zero-order chi connectivity index (χ0) is 9.40. The molecule has 0 aliphatic rings. The summed E-state index contributed by atoms with van der Waals surface area (Å²) in [5.74, 6) is -0.228. The van der Waals surface area contributed by atoms with Crippen molar-refractivity contribution < 1.29 is 19.7 Å². The lowest BCUT2D eigenvalue weighted by molar-refractivity contribution is -0.140. The van der Waals surface area contributed by atoms with Crippen LogP contribution in [0.4, 0.5) is 0 Å². The van der Waals surface area contributed by atoms with Gasteiger partial charge in [-0.25, -0.2) is 0 Å². The molecule has 0 heterocycles. The number of hydrogen-bond donors (Lipinski definition) is 2. The summed E-state index contributed by atoms with van der Waals surface area (Å²) in [7, 11) is 1.35. The number of methoxy groups -OCH3 is 1. The van der Waals surface area contributed by atoms with E-state index >= 15 is 0 Å². The maximum Gasteiger partial charge on any atom is 0.305 e. The normalized spacial score (nSPS) is 12.6. The van der Waals surface area contributed by atoms with Crippen molar-refractivity contribution in [2.24, 2.45) is 0 Å². The van der Waals surface area contributed by atoms with Gasteiger partial charge in [0.15, 0.2) is 0 Å². The fourth-order valence-corrected chi connectivity index (χ4v) is 0.843. The van der Waals surface area contributed by atoms with Gasteiger partial charge in [-0.05, 0) is 12.8 Å². The third-order valence-corrected chi connectivity index (χ3v) is 1.61. The fraction of sp³-hybridized carbons (Fsp3) is 0.875. The standard InChI is InChI=1S/C8H16O4/c1-12-8(11)5-3-2-4-7(10)6-9/h7,9-10H,2-6H2,1H3/t7-/m1/s1. The summed E-state index contributed by atoms with van der Waals surface area (Å²) >= 11 is 0. The molecule has 4 nitrogen and oxygen atoms in total. The zero-order valence-corrected chi connectivity index (χ0v) is 7.32. The van der Waals surface area contributed by atoms with E-state index in [4.69, 9.17) is 10.2 Å². The predicted octanol–water partition coefficient (Wildman–Crippen LogP) is 0.0730. The van der Waals surface area contributed by atoms with Crippen LogP contribution in [0, 0.1) is 0 Å². The van der Waals surface area contributed by atoms with Gasteiger partial charge in [0.2, 0.25) is 0 Å². The molecule has 0 aromatic heterocycles. The summed E-state index contributed by atoms with van der Waals surface area (Å²) in [4.78, 5) is 10.6. The maximum absolute atomic E-state index is 10.6. The molecule has 0 radical (unpaired) electrons. The van der Waals surface area contributed by atoms with Crippen molar-refractivity contribution in [2.45, 2.75) is 31.8 Å². The maximum atomic E-state index is 10.6.